The van der Waals surface area contributed by atoms with Gasteiger partial charge in [-0.3, -0.25) is 13.8 Å². The van der Waals surface area contributed by atoms with Crippen LogP contribution in [0.5, 0.6) is 0 Å². The van der Waals surface area contributed by atoms with Gasteiger partial charge < -0.3 is 40.7 Å². The van der Waals surface area contributed by atoms with Crippen molar-refractivity contribution in [3.8, 4) is 11.3 Å². The fraction of sp³-hybridized carbons (Fsp3) is 0.440. The zero-order valence-corrected chi connectivity index (χ0v) is 25.4. The third-order valence-corrected chi connectivity index (χ3v) is 10.2. The van der Waals surface area contributed by atoms with Crippen LogP contribution < -0.4 is 10.3 Å². The first kappa shape index (κ1) is 34.3. The van der Waals surface area contributed by atoms with E-state index < -0.39 is 89.3 Å². The average molecular weight is 690 g/mol. The minimum atomic E-state index is -5.36. The smallest absolute Gasteiger partial charge is 0.390 e. The molecule has 1 aliphatic carbocycles. The maximum atomic E-state index is 14.1. The van der Waals surface area contributed by atoms with E-state index in [9.17, 15) is 48.5 Å². The van der Waals surface area contributed by atoms with Crippen molar-refractivity contribution >= 4 is 21.6 Å². The maximum Gasteiger partial charge on any atom is 0.481 e. The highest BCUT2D eigenvalue weighted by Crippen LogP contribution is 2.61. The summed E-state index contributed by atoms with van der Waals surface area (Å²) >= 11 is 0. The van der Waals surface area contributed by atoms with E-state index >= 15 is 0 Å². The lowest BCUT2D eigenvalue weighted by molar-refractivity contribution is -0.728. The van der Waals surface area contributed by atoms with Crippen molar-refractivity contribution in [1.29, 1.82) is 0 Å². The topological polar surface area (TPSA) is 270 Å². The monoisotopic (exact) mass is 690 g/mol. The Kier molecular flexibility index (Phi) is 10.1. The molecule has 1 saturated heterocycles. The molecule has 0 bridgehead atoms. The Morgan fingerprint density at radius 3 is 2.41 bits per heavy atom. The summed E-state index contributed by atoms with van der Waals surface area (Å²) in [5.41, 5.74) is 5.64. The first-order valence-electron chi connectivity index (χ1n) is 13.7. The van der Waals surface area contributed by atoms with E-state index in [1.54, 1.807) is 6.07 Å². The van der Waals surface area contributed by atoms with Gasteiger partial charge in [-0.1, -0.05) is 17.3 Å². The molecule has 2 aliphatic rings. The maximum absolute atomic E-state index is 14.1. The van der Waals surface area contributed by atoms with Gasteiger partial charge in [-0.25, -0.2) is 18.2 Å². The number of hydrogen-bond donors (Lipinski definition) is 7. The van der Waals surface area contributed by atoms with Gasteiger partial charge in [0.25, 0.3) is 5.91 Å². The zero-order valence-electron chi connectivity index (χ0n) is 23.6. The van der Waals surface area contributed by atoms with Crippen LogP contribution in [0, 0.1) is 11.7 Å². The molecule has 3 heterocycles. The molecule has 10 atom stereocenters. The van der Waals surface area contributed by atoms with E-state index in [1.165, 1.54) is 53.5 Å². The summed E-state index contributed by atoms with van der Waals surface area (Å²) in [5.74, 6) is -2.24. The van der Waals surface area contributed by atoms with Gasteiger partial charge in [-0.15, -0.1) is 5.10 Å². The van der Waals surface area contributed by atoms with Gasteiger partial charge in [0.1, 0.15) is 41.5 Å². The van der Waals surface area contributed by atoms with E-state index in [-0.39, 0.29) is 23.2 Å². The number of hydrogen-bond acceptors (Lipinski definition) is 13. The fourth-order valence-corrected chi connectivity index (χ4v) is 7.35. The Morgan fingerprint density at radius 1 is 1.02 bits per heavy atom. The summed E-state index contributed by atoms with van der Waals surface area (Å²) in [6.45, 7) is -1.60. The van der Waals surface area contributed by atoms with Crippen molar-refractivity contribution in [2.75, 3.05) is 13.2 Å². The third kappa shape index (κ3) is 7.57. The van der Waals surface area contributed by atoms with Crippen molar-refractivity contribution in [3.63, 3.8) is 0 Å². The molecular formula is C25H31FN5O13P2+. The van der Waals surface area contributed by atoms with Gasteiger partial charge >= 0.3 is 15.6 Å². The average Bonchev–Trinajstić information content (AvgIpc) is 3.67. The van der Waals surface area contributed by atoms with Crippen LogP contribution in [0.2, 0.25) is 0 Å². The lowest BCUT2D eigenvalue weighted by Gasteiger charge is -2.20. The molecule has 1 saturated carbocycles. The number of aliphatic hydroxyl groups excluding tert-OH is 4. The number of primary amides is 1. The molecule has 1 aromatic carbocycles. The van der Waals surface area contributed by atoms with Crippen LogP contribution >= 0.6 is 15.6 Å². The summed E-state index contributed by atoms with van der Waals surface area (Å²) in [5, 5.41) is 49.4. The second-order valence-corrected chi connectivity index (χ2v) is 13.7. The number of phosphoric acid groups is 2. The number of amides is 1. The highest BCUT2D eigenvalue weighted by atomic mass is 31.3. The normalized spacial score (nSPS) is 30.6. The van der Waals surface area contributed by atoms with Crippen molar-refractivity contribution in [2.45, 2.75) is 49.2 Å². The standard InChI is InChI=1S/C25H30FN5O13P2/c26-16-6-2-1-5-15(16)17-10-31(29-28-17)25-23(35)22(34)19(43-25)12-42-46(39,40)44-45(37,38)41-11-14-8-18(21(33)20(14)32)30-7-3-4-13(9-30)24(27)36/h1-7,9-10,14,18-23,25,32-35H,8,11-12H2,(H3-,27,36,37,38,39,40)/p+1/t14-,18-,19+,20-,21+,22+,23+,25+/m1/s1. The van der Waals surface area contributed by atoms with Crippen molar-refractivity contribution in [3.05, 3.63) is 66.4 Å². The largest absolute Gasteiger partial charge is 0.481 e. The van der Waals surface area contributed by atoms with E-state index in [0.717, 1.165) is 4.68 Å². The molecule has 21 heteroatoms. The van der Waals surface area contributed by atoms with Gasteiger partial charge in [0.15, 0.2) is 24.7 Å². The number of carbonyl (C=O) groups is 1. The highest BCUT2D eigenvalue weighted by Gasteiger charge is 2.49. The number of pyridine rings is 1. The molecule has 1 aliphatic heterocycles. The number of aromatic nitrogens is 4. The Morgan fingerprint density at radius 2 is 1.72 bits per heavy atom. The number of benzene rings is 1. The van der Waals surface area contributed by atoms with Gasteiger partial charge in [0.05, 0.1) is 25.5 Å². The molecule has 2 aromatic heterocycles. The van der Waals surface area contributed by atoms with Crippen LogP contribution in [-0.2, 0) is 27.2 Å². The Bertz CT molecular complexity index is 1670. The van der Waals surface area contributed by atoms with E-state index in [4.69, 9.17) is 19.5 Å². The Balaban J connectivity index is 1.14. The summed E-state index contributed by atoms with van der Waals surface area (Å²) in [6, 6.07) is 7.91. The Hall–Kier alpha value is -3.03. The number of nitrogens with zero attached hydrogens (tertiary/aromatic N) is 4. The molecule has 250 valence electrons. The lowest BCUT2D eigenvalue weighted by atomic mass is 10.1. The minimum Gasteiger partial charge on any atom is -0.390 e. The van der Waals surface area contributed by atoms with Gasteiger partial charge in [-0.2, -0.15) is 8.88 Å². The van der Waals surface area contributed by atoms with Gasteiger partial charge in [-0.05, 0) is 18.2 Å². The number of halogens is 1. The first-order chi connectivity index (χ1) is 21.7. The first-order valence-corrected chi connectivity index (χ1v) is 16.7. The number of phosphoric ester groups is 2. The second-order valence-electron chi connectivity index (χ2n) is 10.7. The molecule has 2 unspecified atom stereocenters. The van der Waals surface area contributed by atoms with Gasteiger partial charge in [0.2, 0.25) is 0 Å². The molecule has 46 heavy (non-hydrogen) atoms. The molecule has 5 rings (SSSR count). The van der Waals surface area contributed by atoms with Crippen LogP contribution in [0.4, 0.5) is 4.39 Å². The molecule has 2 fully saturated rings. The van der Waals surface area contributed by atoms with Crippen LogP contribution in [0.3, 0.4) is 0 Å². The number of rotatable bonds is 12. The fourth-order valence-electron chi connectivity index (χ4n) is 5.22. The predicted molar refractivity (Wildman–Crippen MR) is 148 cm³/mol. The summed E-state index contributed by atoms with van der Waals surface area (Å²) < 4.78 is 60.8. The number of nitrogens with two attached hydrogens (primary N) is 1. The van der Waals surface area contributed by atoms with Gasteiger partial charge in [0, 0.05) is 24.0 Å². The molecule has 8 N–H and O–H groups in total. The summed E-state index contributed by atoms with van der Waals surface area (Å²) in [7, 11) is -10.7. The van der Waals surface area contributed by atoms with E-state index in [0.29, 0.717) is 0 Å². The van der Waals surface area contributed by atoms with E-state index in [2.05, 4.69) is 14.6 Å². The van der Waals surface area contributed by atoms with Crippen LogP contribution in [0.15, 0.2) is 55.0 Å². The zero-order chi connectivity index (χ0) is 33.4. The molecule has 3 aromatic rings. The Labute approximate surface area is 259 Å². The summed E-state index contributed by atoms with van der Waals surface area (Å²) in [6.07, 6.45) is -4.80. The molecular weight excluding hydrogens is 659 g/mol. The molecule has 0 spiro atoms. The van der Waals surface area contributed by atoms with Crippen molar-refractivity contribution in [2.24, 2.45) is 11.7 Å². The van der Waals surface area contributed by atoms with Crippen LogP contribution in [-0.4, -0.2) is 94.8 Å². The quantitative estimate of drug-likeness (QED) is 0.0917. The molecule has 18 nitrogen and oxygen atoms in total. The summed E-state index contributed by atoms with van der Waals surface area (Å²) in [4.78, 5) is 31.6. The van der Waals surface area contributed by atoms with Crippen LogP contribution in [0.25, 0.3) is 11.3 Å². The second kappa shape index (κ2) is 13.6. The van der Waals surface area contributed by atoms with Crippen molar-refractivity contribution < 1.29 is 71.2 Å². The van der Waals surface area contributed by atoms with E-state index in [1.807, 2.05) is 0 Å². The number of ether oxygens (including phenoxy) is 1. The SMILES string of the molecule is NC(=O)c1ccc[n+]([C@@H]2C[C@H](COP(=O)(O)OP(=O)(O)OC[C@@H]3O[C@H](n4cc(-c5ccccc5F)nn4)[C@@H](O)[C@H]3O)[C@@H](O)[C@H]2O)c1. The van der Waals surface area contributed by atoms with Crippen molar-refractivity contribution in [1.82, 2.24) is 15.0 Å². The lowest BCUT2D eigenvalue weighted by Crippen LogP contribution is -2.45. The third-order valence-electron chi connectivity index (χ3n) is 7.58. The highest BCUT2D eigenvalue weighted by molar-refractivity contribution is 7.61. The molecule has 0 radical (unpaired) electrons. The predicted octanol–water partition coefficient (Wildman–Crippen LogP) is -0.677. The minimum absolute atomic E-state index is 0.0104. The molecule has 1 amide bonds. The number of carbonyl (C=O) groups excluding carboxylic acids is 1. The number of aliphatic hydroxyl groups is 4. The van der Waals surface area contributed by atoms with Crippen LogP contribution in [0.1, 0.15) is 29.0 Å².